The van der Waals surface area contributed by atoms with E-state index in [-0.39, 0.29) is 0 Å². The Morgan fingerprint density at radius 1 is 1.04 bits per heavy atom. The predicted molar refractivity (Wildman–Crippen MR) is 95.3 cm³/mol. The number of benzene rings is 1. The maximum absolute atomic E-state index is 5.42. The van der Waals surface area contributed by atoms with Crippen LogP contribution in [0.2, 0.25) is 0 Å². The summed E-state index contributed by atoms with van der Waals surface area (Å²) in [6, 6.07) is 9.31. The molecule has 24 heavy (non-hydrogen) atoms. The van der Waals surface area contributed by atoms with Gasteiger partial charge in [-0.25, -0.2) is 0 Å². The van der Waals surface area contributed by atoms with E-state index in [4.69, 9.17) is 4.74 Å². The van der Waals surface area contributed by atoms with Gasteiger partial charge in [0.15, 0.2) is 0 Å². The molecule has 0 bridgehead atoms. The SMILES string of the molecule is c1cc(C2CCN(c3cn[nH]c3)CC2)ccc1CN1CCOCC1. The smallest absolute Gasteiger partial charge is 0.0749 e. The van der Waals surface area contributed by atoms with Crippen molar-refractivity contribution in [1.29, 1.82) is 0 Å². The highest BCUT2D eigenvalue weighted by Crippen LogP contribution is 2.30. The van der Waals surface area contributed by atoms with E-state index in [1.807, 2.05) is 12.4 Å². The first kappa shape index (κ1) is 15.7. The number of ether oxygens (including phenoxy) is 1. The van der Waals surface area contributed by atoms with E-state index in [2.05, 4.69) is 44.3 Å². The maximum atomic E-state index is 5.42. The Labute approximate surface area is 143 Å². The fourth-order valence-electron chi connectivity index (χ4n) is 3.80. The number of hydrogen-bond donors (Lipinski definition) is 1. The Kier molecular flexibility index (Phi) is 4.81. The molecule has 1 aromatic carbocycles. The zero-order valence-corrected chi connectivity index (χ0v) is 14.2. The zero-order valence-electron chi connectivity index (χ0n) is 14.2. The average Bonchev–Trinajstić information content (AvgIpc) is 3.18. The highest BCUT2D eigenvalue weighted by molar-refractivity contribution is 5.42. The molecular formula is C19H26N4O. The van der Waals surface area contributed by atoms with Crippen LogP contribution in [0.25, 0.3) is 0 Å². The van der Waals surface area contributed by atoms with Crippen molar-refractivity contribution in [3.8, 4) is 0 Å². The van der Waals surface area contributed by atoms with Crippen LogP contribution in [0.15, 0.2) is 36.7 Å². The average molecular weight is 326 g/mol. The van der Waals surface area contributed by atoms with E-state index in [1.165, 1.54) is 29.7 Å². The molecule has 2 fully saturated rings. The number of morpholine rings is 1. The van der Waals surface area contributed by atoms with Crippen LogP contribution < -0.4 is 4.90 Å². The molecule has 0 atom stereocenters. The molecule has 0 spiro atoms. The van der Waals surface area contributed by atoms with Crippen LogP contribution in [0.5, 0.6) is 0 Å². The molecule has 3 heterocycles. The molecule has 0 unspecified atom stereocenters. The van der Waals surface area contributed by atoms with Gasteiger partial charge in [-0.05, 0) is 29.9 Å². The number of aromatic nitrogens is 2. The monoisotopic (exact) mass is 326 g/mol. The van der Waals surface area contributed by atoms with Crippen molar-refractivity contribution in [2.24, 2.45) is 0 Å². The Morgan fingerprint density at radius 2 is 1.79 bits per heavy atom. The number of aromatic amines is 1. The molecule has 2 aromatic rings. The number of piperidine rings is 1. The highest BCUT2D eigenvalue weighted by Gasteiger charge is 2.21. The van der Waals surface area contributed by atoms with Crippen LogP contribution in [0.1, 0.15) is 29.9 Å². The first-order valence-corrected chi connectivity index (χ1v) is 9.01. The standard InChI is InChI=1S/C19H26N4O/c1-3-17(4-2-16(1)15-22-9-11-24-12-10-22)18-5-7-23(8-6-18)19-13-20-21-14-19/h1-4,13-14,18H,5-12,15H2,(H,20,21). The summed E-state index contributed by atoms with van der Waals surface area (Å²) in [6.07, 6.45) is 6.34. The van der Waals surface area contributed by atoms with Crippen LogP contribution in [0.3, 0.4) is 0 Å². The number of rotatable bonds is 4. The summed E-state index contributed by atoms with van der Waals surface area (Å²) in [5.41, 5.74) is 4.12. The van der Waals surface area contributed by atoms with Crippen LogP contribution in [0.4, 0.5) is 5.69 Å². The van der Waals surface area contributed by atoms with Gasteiger partial charge in [0.2, 0.25) is 0 Å². The lowest BCUT2D eigenvalue weighted by molar-refractivity contribution is 0.0342. The Hall–Kier alpha value is -1.85. The summed E-state index contributed by atoms with van der Waals surface area (Å²) in [5, 5.41) is 6.96. The number of hydrogen-bond acceptors (Lipinski definition) is 4. The van der Waals surface area contributed by atoms with Crippen LogP contribution in [-0.2, 0) is 11.3 Å². The summed E-state index contributed by atoms with van der Waals surface area (Å²) in [6.45, 7) is 7.10. The summed E-state index contributed by atoms with van der Waals surface area (Å²) >= 11 is 0. The van der Waals surface area contributed by atoms with Crippen molar-refractivity contribution < 1.29 is 4.74 Å². The summed E-state index contributed by atoms with van der Waals surface area (Å²) in [5.74, 6) is 0.686. The third-order valence-corrected chi connectivity index (χ3v) is 5.30. The Morgan fingerprint density at radius 3 is 2.46 bits per heavy atom. The van der Waals surface area contributed by atoms with Gasteiger partial charge in [0.1, 0.15) is 0 Å². The quantitative estimate of drug-likeness (QED) is 0.938. The topological polar surface area (TPSA) is 44.4 Å². The van der Waals surface area contributed by atoms with Gasteiger partial charge in [-0.2, -0.15) is 5.10 Å². The molecule has 2 saturated heterocycles. The van der Waals surface area contributed by atoms with Gasteiger partial charge in [0, 0.05) is 38.9 Å². The van der Waals surface area contributed by atoms with Gasteiger partial charge in [-0.3, -0.25) is 10.00 Å². The molecule has 0 saturated carbocycles. The number of nitrogens with one attached hydrogen (secondary N) is 1. The van der Waals surface area contributed by atoms with Gasteiger partial charge >= 0.3 is 0 Å². The van der Waals surface area contributed by atoms with Gasteiger partial charge in [-0.15, -0.1) is 0 Å². The van der Waals surface area contributed by atoms with Crippen molar-refractivity contribution in [2.45, 2.75) is 25.3 Å². The third kappa shape index (κ3) is 3.62. The minimum absolute atomic E-state index is 0.686. The van der Waals surface area contributed by atoms with E-state index in [9.17, 15) is 0 Å². The van der Waals surface area contributed by atoms with Gasteiger partial charge in [0.25, 0.3) is 0 Å². The molecule has 1 N–H and O–H groups in total. The first-order valence-electron chi connectivity index (χ1n) is 9.01. The van der Waals surface area contributed by atoms with E-state index >= 15 is 0 Å². The Balaban J connectivity index is 1.32. The van der Waals surface area contributed by atoms with Crippen molar-refractivity contribution in [1.82, 2.24) is 15.1 Å². The number of H-pyrrole nitrogens is 1. The van der Waals surface area contributed by atoms with E-state index in [1.54, 1.807) is 0 Å². The highest BCUT2D eigenvalue weighted by atomic mass is 16.5. The minimum Gasteiger partial charge on any atom is -0.379 e. The molecule has 1 aromatic heterocycles. The van der Waals surface area contributed by atoms with Gasteiger partial charge in [0.05, 0.1) is 25.1 Å². The van der Waals surface area contributed by atoms with Crippen LogP contribution in [0, 0.1) is 0 Å². The molecule has 0 aliphatic carbocycles. The fourth-order valence-corrected chi connectivity index (χ4v) is 3.80. The van der Waals surface area contributed by atoms with Crippen molar-refractivity contribution in [2.75, 3.05) is 44.3 Å². The third-order valence-electron chi connectivity index (χ3n) is 5.30. The molecule has 2 aliphatic heterocycles. The zero-order chi connectivity index (χ0) is 16.2. The molecule has 2 aliphatic rings. The lowest BCUT2D eigenvalue weighted by Gasteiger charge is -2.33. The largest absolute Gasteiger partial charge is 0.379 e. The molecular weight excluding hydrogens is 300 g/mol. The van der Waals surface area contributed by atoms with E-state index in [0.717, 1.165) is 45.9 Å². The normalized spacial score (nSPS) is 20.4. The van der Waals surface area contributed by atoms with Crippen molar-refractivity contribution in [3.05, 3.63) is 47.8 Å². The van der Waals surface area contributed by atoms with E-state index < -0.39 is 0 Å². The number of anilines is 1. The molecule has 0 radical (unpaired) electrons. The number of nitrogens with zero attached hydrogens (tertiary/aromatic N) is 3. The summed E-state index contributed by atoms with van der Waals surface area (Å²) < 4.78 is 5.42. The second kappa shape index (κ2) is 7.36. The predicted octanol–water partition coefficient (Wildman–Crippen LogP) is 2.63. The van der Waals surface area contributed by atoms with Gasteiger partial charge < -0.3 is 9.64 Å². The van der Waals surface area contributed by atoms with Crippen LogP contribution in [-0.4, -0.2) is 54.5 Å². The molecule has 5 nitrogen and oxygen atoms in total. The van der Waals surface area contributed by atoms with Crippen LogP contribution >= 0.6 is 0 Å². The lowest BCUT2D eigenvalue weighted by Crippen LogP contribution is -2.35. The van der Waals surface area contributed by atoms with Crippen molar-refractivity contribution in [3.63, 3.8) is 0 Å². The first-order chi connectivity index (χ1) is 11.9. The second-order valence-corrected chi connectivity index (χ2v) is 6.85. The lowest BCUT2D eigenvalue weighted by atomic mass is 9.89. The fraction of sp³-hybridized carbons (Fsp3) is 0.526. The molecule has 4 rings (SSSR count). The van der Waals surface area contributed by atoms with Crippen molar-refractivity contribution >= 4 is 5.69 Å². The maximum Gasteiger partial charge on any atom is 0.0749 e. The second-order valence-electron chi connectivity index (χ2n) is 6.85. The van der Waals surface area contributed by atoms with Gasteiger partial charge in [-0.1, -0.05) is 24.3 Å². The summed E-state index contributed by atoms with van der Waals surface area (Å²) in [7, 11) is 0. The minimum atomic E-state index is 0.686. The Bertz CT molecular complexity index is 611. The summed E-state index contributed by atoms with van der Waals surface area (Å²) in [4.78, 5) is 4.90. The molecule has 128 valence electrons. The molecule has 5 heteroatoms. The molecule has 0 amide bonds. The van der Waals surface area contributed by atoms with E-state index in [0.29, 0.717) is 5.92 Å².